The summed E-state index contributed by atoms with van der Waals surface area (Å²) in [6.07, 6.45) is 3.13. The number of aromatic nitrogens is 2. The van der Waals surface area contributed by atoms with Gasteiger partial charge in [-0.25, -0.2) is 4.98 Å². The third-order valence-electron chi connectivity index (χ3n) is 5.18. The Hall–Kier alpha value is -3.48. The largest absolute Gasteiger partial charge is 0.493 e. The number of amides is 1. The monoisotopic (exact) mass is 481 g/mol. The summed E-state index contributed by atoms with van der Waals surface area (Å²) in [5, 5.41) is 3.75. The molecule has 0 aliphatic rings. The Morgan fingerprint density at radius 3 is 2.52 bits per heavy atom. The first kappa shape index (κ1) is 22.7. The van der Waals surface area contributed by atoms with E-state index in [-0.39, 0.29) is 12.5 Å². The van der Waals surface area contributed by atoms with Crippen molar-refractivity contribution in [3.8, 4) is 28.3 Å². The summed E-state index contributed by atoms with van der Waals surface area (Å²) < 4.78 is 12.5. The zero-order chi connectivity index (χ0) is 23.4. The average molecular weight is 482 g/mol. The Labute approximate surface area is 201 Å². The van der Waals surface area contributed by atoms with E-state index in [1.807, 2.05) is 48.5 Å². The highest BCUT2D eigenvalue weighted by Gasteiger charge is 2.15. The van der Waals surface area contributed by atoms with Crippen LogP contribution in [0.2, 0.25) is 10.0 Å². The minimum Gasteiger partial charge on any atom is -0.493 e. The van der Waals surface area contributed by atoms with Gasteiger partial charge in [-0.1, -0.05) is 53.5 Å². The van der Waals surface area contributed by atoms with Crippen LogP contribution in [-0.2, 0) is 6.54 Å². The van der Waals surface area contributed by atoms with Crippen LogP contribution in [0, 0.1) is 0 Å². The number of methoxy groups -OCH3 is 2. The summed E-state index contributed by atoms with van der Waals surface area (Å²) >= 11 is 12.3. The lowest BCUT2D eigenvalue weighted by Crippen LogP contribution is -2.25. The van der Waals surface area contributed by atoms with E-state index >= 15 is 0 Å². The summed E-state index contributed by atoms with van der Waals surface area (Å²) in [6, 6.07) is 18.8. The fourth-order valence-electron chi connectivity index (χ4n) is 3.47. The predicted molar refractivity (Wildman–Crippen MR) is 130 cm³/mol. The van der Waals surface area contributed by atoms with Gasteiger partial charge in [-0.3, -0.25) is 9.36 Å². The van der Waals surface area contributed by atoms with Gasteiger partial charge in [0.25, 0.3) is 5.91 Å². The summed E-state index contributed by atoms with van der Waals surface area (Å²) in [7, 11) is 3.20. The molecule has 1 N–H and O–H groups in total. The quantitative estimate of drug-likeness (QED) is 0.362. The molecule has 0 aliphatic heterocycles. The molecule has 6 nitrogen and oxygen atoms in total. The van der Waals surface area contributed by atoms with Crippen molar-refractivity contribution in [2.24, 2.45) is 0 Å². The molecular weight excluding hydrogens is 461 g/mol. The Balaban J connectivity index is 1.59. The molecule has 0 spiro atoms. The van der Waals surface area contributed by atoms with Crippen LogP contribution in [0.3, 0.4) is 0 Å². The fraction of sp³-hybridized carbons (Fsp3) is 0.120. The van der Waals surface area contributed by atoms with Gasteiger partial charge < -0.3 is 14.8 Å². The van der Waals surface area contributed by atoms with Crippen molar-refractivity contribution >= 4 is 29.1 Å². The third-order valence-corrected chi connectivity index (χ3v) is 6.04. The van der Waals surface area contributed by atoms with Gasteiger partial charge in [-0.15, -0.1) is 0 Å². The molecule has 4 aromatic rings. The maximum atomic E-state index is 12.9. The smallest absolute Gasteiger partial charge is 0.270 e. The molecule has 0 saturated heterocycles. The number of carbonyl (C=O) groups excluding carboxylic acids is 1. The molecule has 0 unspecified atom stereocenters. The number of nitrogens with one attached hydrogen (secondary N) is 1. The van der Waals surface area contributed by atoms with Gasteiger partial charge in [0.2, 0.25) is 0 Å². The summed E-state index contributed by atoms with van der Waals surface area (Å²) in [6.45, 7) is 0.245. The molecule has 8 heteroatoms. The van der Waals surface area contributed by atoms with Crippen LogP contribution in [0.1, 0.15) is 16.1 Å². The molecule has 0 radical (unpaired) electrons. The van der Waals surface area contributed by atoms with Gasteiger partial charge in [0.15, 0.2) is 11.5 Å². The van der Waals surface area contributed by atoms with Gasteiger partial charge in [0.1, 0.15) is 5.69 Å². The number of halogens is 2. The van der Waals surface area contributed by atoms with Crippen molar-refractivity contribution < 1.29 is 14.3 Å². The summed E-state index contributed by atoms with van der Waals surface area (Å²) in [5.74, 6) is 1.02. The Kier molecular flexibility index (Phi) is 6.87. The lowest BCUT2D eigenvalue weighted by molar-refractivity contribution is 0.0944. The molecule has 1 heterocycles. The predicted octanol–water partition coefficient (Wildman–Crippen LogP) is 5.79. The van der Waals surface area contributed by atoms with Crippen molar-refractivity contribution in [2.45, 2.75) is 6.54 Å². The van der Waals surface area contributed by atoms with E-state index in [1.54, 1.807) is 37.2 Å². The van der Waals surface area contributed by atoms with Crippen LogP contribution in [-0.4, -0.2) is 29.7 Å². The lowest BCUT2D eigenvalue weighted by atomic mass is 10.0. The Morgan fingerprint density at radius 1 is 0.970 bits per heavy atom. The average Bonchev–Trinajstić information content (AvgIpc) is 3.34. The number of hydrogen-bond donors (Lipinski definition) is 1. The first-order chi connectivity index (χ1) is 16.0. The van der Waals surface area contributed by atoms with E-state index in [9.17, 15) is 4.79 Å². The maximum absolute atomic E-state index is 12.9. The van der Waals surface area contributed by atoms with Crippen molar-refractivity contribution in [1.29, 1.82) is 0 Å². The number of hydrogen-bond acceptors (Lipinski definition) is 4. The van der Waals surface area contributed by atoms with E-state index in [1.165, 1.54) is 6.20 Å². The maximum Gasteiger partial charge on any atom is 0.270 e. The lowest BCUT2D eigenvalue weighted by Gasteiger charge is -2.13. The highest BCUT2D eigenvalue weighted by atomic mass is 35.5. The molecule has 1 aromatic heterocycles. The SMILES string of the molecule is COc1ccc(-c2cccc(-n3cncc3C(=O)NCc3cccc(Cl)c3Cl)c2)cc1OC. The molecule has 168 valence electrons. The highest BCUT2D eigenvalue weighted by Crippen LogP contribution is 2.33. The minimum absolute atomic E-state index is 0.245. The first-order valence-electron chi connectivity index (χ1n) is 10.1. The van der Waals surface area contributed by atoms with Crippen molar-refractivity contribution in [3.05, 3.63) is 94.5 Å². The number of nitrogens with zero attached hydrogens (tertiary/aromatic N) is 2. The minimum atomic E-state index is -0.278. The number of benzene rings is 3. The van der Waals surface area contributed by atoms with Crippen molar-refractivity contribution in [3.63, 3.8) is 0 Å². The number of rotatable bonds is 7. The topological polar surface area (TPSA) is 65.4 Å². The van der Waals surface area contributed by atoms with E-state index in [4.69, 9.17) is 32.7 Å². The molecule has 33 heavy (non-hydrogen) atoms. The molecule has 0 fully saturated rings. The van der Waals surface area contributed by atoms with Gasteiger partial charge in [-0.05, 0) is 47.0 Å². The second-order valence-electron chi connectivity index (χ2n) is 7.16. The van der Waals surface area contributed by atoms with E-state index in [0.29, 0.717) is 27.2 Å². The molecule has 4 rings (SSSR count). The van der Waals surface area contributed by atoms with Gasteiger partial charge in [0, 0.05) is 12.2 Å². The zero-order valence-corrected chi connectivity index (χ0v) is 19.5. The van der Waals surface area contributed by atoms with E-state index in [0.717, 1.165) is 22.4 Å². The standard InChI is InChI=1S/C25H21Cl2N3O3/c1-32-22-10-9-17(12-23(22)33-2)16-5-3-7-19(11-16)30-15-28-14-21(30)25(31)29-13-18-6-4-8-20(26)24(18)27/h3-12,14-15H,13H2,1-2H3,(H,29,31). The van der Waals surface area contributed by atoms with Crippen LogP contribution in [0.5, 0.6) is 11.5 Å². The second kappa shape index (κ2) is 9.98. The molecule has 1 amide bonds. The van der Waals surface area contributed by atoms with Gasteiger partial charge in [-0.2, -0.15) is 0 Å². The van der Waals surface area contributed by atoms with Crippen LogP contribution in [0.25, 0.3) is 16.8 Å². The zero-order valence-electron chi connectivity index (χ0n) is 18.0. The highest BCUT2D eigenvalue weighted by molar-refractivity contribution is 6.42. The van der Waals surface area contributed by atoms with Crippen LogP contribution in [0.4, 0.5) is 0 Å². The first-order valence-corrected chi connectivity index (χ1v) is 10.8. The molecule has 3 aromatic carbocycles. The van der Waals surface area contributed by atoms with E-state index < -0.39 is 0 Å². The van der Waals surface area contributed by atoms with Crippen LogP contribution < -0.4 is 14.8 Å². The van der Waals surface area contributed by atoms with Gasteiger partial charge >= 0.3 is 0 Å². The van der Waals surface area contributed by atoms with E-state index in [2.05, 4.69) is 10.3 Å². The summed E-state index contributed by atoms with van der Waals surface area (Å²) in [4.78, 5) is 17.1. The van der Waals surface area contributed by atoms with Crippen LogP contribution >= 0.6 is 23.2 Å². The van der Waals surface area contributed by atoms with Crippen molar-refractivity contribution in [2.75, 3.05) is 14.2 Å². The molecular formula is C25H21Cl2N3O3. The Morgan fingerprint density at radius 2 is 1.73 bits per heavy atom. The third kappa shape index (κ3) is 4.82. The summed E-state index contributed by atoms with van der Waals surface area (Å²) in [5.41, 5.74) is 3.85. The molecule has 0 bridgehead atoms. The number of ether oxygens (including phenoxy) is 2. The fourth-order valence-corrected chi connectivity index (χ4v) is 3.86. The molecule has 0 saturated carbocycles. The molecule has 0 atom stereocenters. The number of imidazole rings is 1. The Bertz CT molecular complexity index is 1300. The van der Waals surface area contributed by atoms with Gasteiger partial charge in [0.05, 0.1) is 36.8 Å². The molecule has 0 aliphatic carbocycles. The number of carbonyl (C=O) groups is 1. The second-order valence-corrected chi connectivity index (χ2v) is 7.95. The normalized spacial score (nSPS) is 10.7. The van der Waals surface area contributed by atoms with Crippen LogP contribution in [0.15, 0.2) is 73.2 Å². The van der Waals surface area contributed by atoms with Crippen molar-refractivity contribution in [1.82, 2.24) is 14.9 Å².